The van der Waals surface area contributed by atoms with E-state index in [0.717, 1.165) is 29.1 Å². The van der Waals surface area contributed by atoms with E-state index in [1.807, 2.05) is 6.92 Å². The first-order valence-electron chi connectivity index (χ1n) is 6.39. The predicted octanol–water partition coefficient (Wildman–Crippen LogP) is 3.57. The monoisotopic (exact) mass is 268 g/mol. The standard InChI is InChI=1S/C15H21FOS/c1-11-4-5-13(16)8-12(11)9-15(17)10-18-7-6-14(15,2)3/h4-5,8,17H,6-7,9-10H2,1-3H3. The lowest BCUT2D eigenvalue weighted by Crippen LogP contribution is -2.51. The summed E-state index contributed by atoms with van der Waals surface area (Å²) in [5, 5.41) is 10.9. The number of hydrogen-bond donors (Lipinski definition) is 1. The summed E-state index contributed by atoms with van der Waals surface area (Å²) in [4.78, 5) is 0. The molecule has 100 valence electrons. The van der Waals surface area contributed by atoms with Crippen molar-refractivity contribution in [2.24, 2.45) is 5.41 Å². The Bertz CT molecular complexity index is 444. The molecule has 1 unspecified atom stereocenters. The molecule has 0 spiro atoms. The van der Waals surface area contributed by atoms with Gasteiger partial charge in [0.2, 0.25) is 0 Å². The van der Waals surface area contributed by atoms with Crippen molar-refractivity contribution >= 4 is 11.8 Å². The Hall–Kier alpha value is -0.540. The van der Waals surface area contributed by atoms with E-state index in [1.165, 1.54) is 6.07 Å². The van der Waals surface area contributed by atoms with Gasteiger partial charge in [-0.15, -0.1) is 0 Å². The van der Waals surface area contributed by atoms with Crippen LogP contribution in [-0.2, 0) is 6.42 Å². The summed E-state index contributed by atoms with van der Waals surface area (Å²) in [6.45, 7) is 6.20. The second kappa shape index (κ2) is 4.86. The van der Waals surface area contributed by atoms with Gasteiger partial charge in [0.1, 0.15) is 5.82 Å². The highest BCUT2D eigenvalue weighted by molar-refractivity contribution is 7.99. The fraction of sp³-hybridized carbons (Fsp3) is 0.600. The minimum absolute atomic E-state index is 0.114. The molecule has 1 aromatic rings. The van der Waals surface area contributed by atoms with Crippen LogP contribution in [0.5, 0.6) is 0 Å². The second-order valence-corrected chi connectivity index (χ2v) is 7.07. The molecular formula is C15H21FOS. The third kappa shape index (κ3) is 2.57. The van der Waals surface area contributed by atoms with E-state index in [-0.39, 0.29) is 11.2 Å². The van der Waals surface area contributed by atoms with E-state index < -0.39 is 5.60 Å². The maximum Gasteiger partial charge on any atom is 0.123 e. The molecule has 0 saturated carbocycles. The Morgan fingerprint density at radius 2 is 2.11 bits per heavy atom. The lowest BCUT2D eigenvalue weighted by atomic mass is 9.70. The number of thioether (sulfide) groups is 1. The average molecular weight is 268 g/mol. The fourth-order valence-corrected chi connectivity index (χ4v) is 4.06. The van der Waals surface area contributed by atoms with Crippen LogP contribution in [0.2, 0.25) is 0 Å². The highest BCUT2D eigenvalue weighted by Gasteiger charge is 2.45. The fourth-order valence-electron chi connectivity index (χ4n) is 2.43. The van der Waals surface area contributed by atoms with E-state index in [0.29, 0.717) is 6.42 Å². The molecular weight excluding hydrogens is 247 g/mol. The first-order chi connectivity index (χ1) is 8.34. The molecule has 0 bridgehead atoms. The molecule has 1 atom stereocenters. The van der Waals surface area contributed by atoms with Gasteiger partial charge in [-0.05, 0) is 47.8 Å². The Balaban J connectivity index is 2.28. The van der Waals surface area contributed by atoms with Crippen molar-refractivity contribution in [1.29, 1.82) is 0 Å². The molecule has 1 nitrogen and oxygen atoms in total. The van der Waals surface area contributed by atoms with Crippen LogP contribution in [0.1, 0.15) is 31.4 Å². The molecule has 1 saturated heterocycles. The normalized spacial score (nSPS) is 27.2. The molecule has 2 rings (SSSR count). The number of halogens is 1. The van der Waals surface area contributed by atoms with E-state index in [9.17, 15) is 9.50 Å². The van der Waals surface area contributed by atoms with Gasteiger partial charge in [0.05, 0.1) is 5.60 Å². The number of benzene rings is 1. The Morgan fingerprint density at radius 3 is 2.78 bits per heavy atom. The molecule has 1 aliphatic heterocycles. The smallest absolute Gasteiger partial charge is 0.123 e. The first kappa shape index (κ1) is 13.9. The summed E-state index contributed by atoms with van der Waals surface area (Å²) in [6, 6.07) is 4.82. The number of aliphatic hydroxyl groups is 1. The molecule has 0 amide bonds. The number of hydrogen-bond acceptors (Lipinski definition) is 2. The van der Waals surface area contributed by atoms with Gasteiger partial charge in [0, 0.05) is 12.2 Å². The van der Waals surface area contributed by atoms with Gasteiger partial charge in [0.25, 0.3) is 0 Å². The van der Waals surface area contributed by atoms with E-state index >= 15 is 0 Å². The molecule has 1 fully saturated rings. The van der Waals surface area contributed by atoms with Crippen LogP contribution in [-0.4, -0.2) is 22.2 Å². The molecule has 1 heterocycles. The summed E-state index contributed by atoms with van der Waals surface area (Å²) in [6.07, 6.45) is 1.54. The maximum atomic E-state index is 13.3. The van der Waals surface area contributed by atoms with Crippen molar-refractivity contribution in [2.75, 3.05) is 11.5 Å². The zero-order valence-corrected chi connectivity index (χ0v) is 12.1. The van der Waals surface area contributed by atoms with Crippen molar-refractivity contribution in [1.82, 2.24) is 0 Å². The Morgan fingerprint density at radius 1 is 1.39 bits per heavy atom. The van der Waals surface area contributed by atoms with E-state index in [2.05, 4.69) is 13.8 Å². The van der Waals surface area contributed by atoms with Crippen molar-refractivity contribution in [3.63, 3.8) is 0 Å². The SMILES string of the molecule is Cc1ccc(F)cc1CC1(O)CSCCC1(C)C. The van der Waals surface area contributed by atoms with Crippen LogP contribution in [0.25, 0.3) is 0 Å². The van der Waals surface area contributed by atoms with Crippen molar-refractivity contribution < 1.29 is 9.50 Å². The largest absolute Gasteiger partial charge is 0.388 e. The summed E-state index contributed by atoms with van der Waals surface area (Å²) in [5.74, 6) is 1.60. The summed E-state index contributed by atoms with van der Waals surface area (Å²) in [7, 11) is 0. The van der Waals surface area contributed by atoms with Crippen LogP contribution in [0.4, 0.5) is 4.39 Å². The van der Waals surface area contributed by atoms with Crippen molar-refractivity contribution in [3.8, 4) is 0 Å². The highest BCUT2D eigenvalue weighted by Crippen LogP contribution is 2.44. The zero-order valence-electron chi connectivity index (χ0n) is 11.3. The third-order valence-electron chi connectivity index (χ3n) is 4.27. The van der Waals surface area contributed by atoms with Crippen molar-refractivity contribution in [3.05, 3.63) is 35.1 Å². The molecule has 18 heavy (non-hydrogen) atoms. The van der Waals surface area contributed by atoms with Gasteiger partial charge in [0.15, 0.2) is 0 Å². The minimum Gasteiger partial charge on any atom is -0.388 e. The molecule has 1 N–H and O–H groups in total. The van der Waals surface area contributed by atoms with Gasteiger partial charge in [-0.2, -0.15) is 11.8 Å². The number of aryl methyl sites for hydroxylation is 1. The Kier molecular flexibility index (Phi) is 3.75. The molecule has 0 aromatic heterocycles. The van der Waals surface area contributed by atoms with E-state index in [1.54, 1.807) is 23.9 Å². The molecule has 0 radical (unpaired) electrons. The van der Waals surface area contributed by atoms with Crippen molar-refractivity contribution in [2.45, 2.75) is 39.2 Å². The van der Waals surface area contributed by atoms with Gasteiger partial charge in [-0.25, -0.2) is 4.39 Å². The van der Waals surface area contributed by atoms with Gasteiger partial charge in [-0.1, -0.05) is 19.9 Å². The molecule has 3 heteroatoms. The quantitative estimate of drug-likeness (QED) is 0.885. The maximum absolute atomic E-state index is 13.3. The summed E-state index contributed by atoms with van der Waals surface area (Å²) >= 11 is 1.79. The van der Waals surface area contributed by atoms with Crippen LogP contribution < -0.4 is 0 Å². The Labute approximate surface area is 113 Å². The minimum atomic E-state index is -0.742. The second-order valence-electron chi connectivity index (χ2n) is 5.97. The lowest BCUT2D eigenvalue weighted by Gasteiger charge is -2.46. The lowest BCUT2D eigenvalue weighted by molar-refractivity contribution is -0.0514. The van der Waals surface area contributed by atoms with Gasteiger partial charge in [-0.3, -0.25) is 0 Å². The number of rotatable bonds is 2. The van der Waals surface area contributed by atoms with Crippen LogP contribution in [0, 0.1) is 18.2 Å². The van der Waals surface area contributed by atoms with Gasteiger partial charge >= 0.3 is 0 Å². The average Bonchev–Trinajstić information content (AvgIpc) is 2.28. The highest BCUT2D eigenvalue weighted by atomic mass is 32.2. The topological polar surface area (TPSA) is 20.2 Å². The first-order valence-corrected chi connectivity index (χ1v) is 7.55. The van der Waals surface area contributed by atoms with Crippen LogP contribution in [0.3, 0.4) is 0 Å². The summed E-state index contributed by atoms with van der Waals surface area (Å²) in [5.41, 5.74) is 1.12. The third-order valence-corrected chi connectivity index (χ3v) is 5.44. The summed E-state index contributed by atoms with van der Waals surface area (Å²) < 4.78 is 13.3. The van der Waals surface area contributed by atoms with E-state index in [4.69, 9.17) is 0 Å². The predicted molar refractivity (Wildman–Crippen MR) is 75.5 cm³/mol. The molecule has 1 aliphatic rings. The van der Waals surface area contributed by atoms with Crippen LogP contribution in [0.15, 0.2) is 18.2 Å². The van der Waals surface area contributed by atoms with Gasteiger partial charge < -0.3 is 5.11 Å². The molecule has 0 aliphatic carbocycles. The zero-order chi connectivity index (χ0) is 13.4. The molecule has 1 aromatic carbocycles. The van der Waals surface area contributed by atoms with Crippen LogP contribution >= 0.6 is 11.8 Å².